The van der Waals surface area contributed by atoms with E-state index in [-0.39, 0.29) is 12.4 Å². The number of sulfonamides is 1. The summed E-state index contributed by atoms with van der Waals surface area (Å²) in [6, 6.07) is 1.16. The fourth-order valence-corrected chi connectivity index (χ4v) is 1.84. The van der Waals surface area contributed by atoms with E-state index < -0.39 is 31.3 Å². The Bertz CT molecular complexity index is 627. The molecule has 0 heterocycles. The third-order valence-electron chi connectivity index (χ3n) is 2.09. The van der Waals surface area contributed by atoms with Crippen LogP contribution in [0.2, 0.25) is 0 Å². The molecule has 104 valence electrons. The highest BCUT2D eigenvalue weighted by Gasteiger charge is 2.24. The lowest BCUT2D eigenvalue weighted by atomic mass is 10.3. The van der Waals surface area contributed by atoms with Crippen LogP contribution in [0.1, 0.15) is 6.92 Å². The van der Waals surface area contributed by atoms with Gasteiger partial charge in [-0.15, -0.1) is 0 Å². The predicted molar refractivity (Wildman–Crippen MR) is 64.7 cm³/mol. The summed E-state index contributed by atoms with van der Waals surface area (Å²) in [5.41, 5.74) is -0.671. The number of nitro groups is 1. The van der Waals surface area contributed by atoms with Crippen molar-refractivity contribution in [3.05, 3.63) is 40.2 Å². The number of primary sulfonamides is 1. The van der Waals surface area contributed by atoms with Crippen molar-refractivity contribution < 1.29 is 22.5 Å². The molecule has 7 nitrogen and oxygen atoms in total. The average Bonchev–Trinajstić information content (AvgIpc) is 2.27. The van der Waals surface area contributed by atoms with E-state index in [0.717, 1.165) is 0 Å². The highest BCUT2D eigenvalue weighted by Crippen LogP contribution is 2.31. The molecule has 0 radical (unpaired) electrons. The lowest BCUT2D eigenvalue weighted by Crippen LogP contribution is -2.15. The Balaban J connectivity index is 3.33. The summed E-state index contributed by atoms with van der Waals surface area (Å²) in [5.74, 6) is -1.57. The number of allylic oxidation sites excluding steroid dienone is 1. The van der Waals surface area contributed by atoms with Crippen LogP contribution in [-0.4, -0.2) is 19.9 Å². The number of halogens is 1. The van der Waals surface area contributed by atoms with Gasteiger partial charge in [0.05, 0.1) is 4.92 Å². The molecule has 0 bridgehead atoms. The fraction of sp³-hybridized carbons (Fsp3) is 0.200. The van der Waals surface area contributed by atoms with Crippen LogP contribution in [0.5, 0.6) is 5.75 Å². The van der Waals surface area contributed by atoms with Crippen molar-refractivity contribution in [1.82, 2.24) is 0 Å². The summed E-state index contributed by atoms with van der Waals surface area (Å²) in [7, 11) is -4.38. The van der Waals surface area contributed by atoms with E-state index >= 15 is 0 Å². The van der Waals surface area contributed by atoms with Crippen molar-refractivity contribution in [2.45, 2.75) is 11.8 Å². The average molecular weight is 290 g/mol. The van der Waals surface area contributed by atoms with Crippen LogP contribution in [0.15, 0.2) is 29.2 Å². The highest BCUT2D eigenvalue weighted by atomic mass is 32.2. The zero-order chi connectivity index (χ0) is 14.6. The lowest BCUT2D eigenvalue weighted by molar-refractivity contribution is -0.386. The van der Waals surface area contributed by atoms with Crippen LogP contribution in [-0.2, 0) is 10.0 Å². The first-order valence-electron chi connectivity index (χ1n) is 5.02. The maximum atomic E-state index is 13.5. The molecule has 9 heteroatoms. The summed E-state index contributed by atoms with van der Waals surface area (Å²) in [6.45, 7) is 1.70. The van der Waals surface area contributed by atoms with E-state index in [1.165, 1.54) is 0 Å². The summed E-state index contributed by atoms with van der Waals surface area (Å²) >= 11 is 0. The molecule has 0 atom stereocenters. The zero-order valence-electron chi connectivity index (χ0n) is 9.87. The Kier molecular flexibility index (Phi) is 4.57. The minimum Gasteiger partial charge on any atom is -0.483 e. The quantitative estimate of drug-likeness (QED) is 0.499. The molecule has 19 heavy (non-hydrogen) atoms. The van der Waals surface area contributed by atoms with Gasteiger partial charge in [-0.2, -0.15) is 0 Å². The molecule has 0 fully saturated rings. The maximum Gasteiger partial charge on any atom is 0.312 e. The van der Waals surface area contributed by atoms with Crippen molar-refractivity contribution in [1.29, 1.82) is 0 Å². The molecule has 0 aliphatic carbocycles. The second-order valence-corrected chi connectivity index (χ2v) is 4.96. The number of nitrogens with two attached hydrogens (primary N) is 1. The van der Waals surface area contributed by atoms with Crippen LogP contribution in [0.3, 0.4) is 0 Å². The van der Waals surface area contributed by atoms with E-state index in [4.69, 9.17) is 9.88 Å². The van der Waals surface area contributed by atoms with Gasteiger partial charge in [-0.25, -0.2) is 17.9 Å². The van der Waals surface area contributed by atoms with E-state index in [1.807, 2.05) is 0 Å². The Hall–Kier alpha value is -2.00. The largest absolute Gasteiger partial charge is 0.483 e. The number of hydrogen-bond acceptors (Lipinski definition) is 5. The van der Waals surface area contributed by atoms with Gasteiger partial charge < -0.3 is 4.74 Å². The molecule has 0 amide bonds. The molecular weight excluding hydrogens is 279 g/mol. The summed E-state index contributed by atoms with van der Waals surface area (Å²) in [5, 5.41) is 15.6. The Labute approximate surface area is 108 Å². The van der Waals surface area contributed by atoms with Crippen molar-refractivity contribution >= 4 is 15.7 Å². The first kappa shape index (κ1) is 15.1. The third kappa shape index (κ3) is 3.73. The Morgan fingerprint density at radius 3 is 2.63 bits per heavy atom. The predicted octanol–water partition coefficient (Wildman–Crippen LogP) is 1.34. The number of nitro benzene ring substituents is 1. The SMILES string of the molecule is C/C=C/COc1cc(F)c(S(N)(=O)=O)cc1[N+](=O)[O-]. The Morgan fingerprint density at radius 2 is 2.16 bits per heavy atom. The standard InChI is InChI=1S/C10H11FN2O5S/c1-2-3-4-18-9-5-7(11)10(19(12,16)17)6-8(9)13(14)15/h2-3,5-6H,4H2,1H3,(H2,12,16,17)/b3-2+. The number of rotatable bonds is 5. The van der Waals surface area contributed by atoms with Gasteiger partial charge >= 0.3 is 5.69 Å². The number of nitrogens with zero attached hydrogens (tertiary/aromatic N) is 1. The van der Waals surface area contributed by atoms with Crippen LogP contribution < -0.4 is 9.88 Å². The number of ether oxygens (including phenoxy) is 1. The second-order valence-electron chi connectivity index (χ2n) is 3.43. The normalized spacial score (nSPS) is 11.7. The number of benzene rings is 1. The van der Waals surface area contributed by atoms with Gasteiger partial charge in [-0.1, -0.05) is 12.2 Å². The van der Waals surface area contributed by atoms with E-state index in [2.05, 4.69) is 0 Å². The van der Waals surface area contributed by atoms with E-state index in [1.54, 1.807) is 19.1 Å². The maximum absolute atomic E-state index is 13.5. The molecular formula is C10H11FN2O5S. The summed E-state index contributed by atoms with van der Waals surface area (Å²) in [4.78, 5) is 8.97. The highest BCUT2D eigenvalue weighted by molar-refractivity contribution is 7.89. The first-order chi connectivity index (χ1) is 8.77. The van der Waals surface area contributed by atoms with Gasteiger partial charge in [0.2, 0.25) is 10.0 Å². The fourth-order valence-electron chi connectivity index (χ4n) is 1.23. The number of hydrogen-bond donors (Lipinski definition) is 1. The van der Waals surface area contributed by atoms with Gasteiger partial charge in [0.25, 0.3) is 0 Å². The van der Waals surface area contributed by atoms with Crippen LogP contribution in [0, 0.1) is 15.9 Å². The Morgan fingerprint density at radius 1 is 1.53 bits per heavy atom. The first-order valence-corrected chi connectivity index (χ1v) is 6.56. The van der Waals surface area contributed by atoms with Crippen LogP contribution >= 0.6 is 0 Å². The molecule has 0 saturated carbocycles. The van der Waals surface area contributed by atoms with Gasteiger partial charge in [-0.3, -0.25) is 10.1 Å². The second kappa shape index (κ2) is 5.76. The minimum atomic E-state index is -4.38. The summed E-state index contributed by atoms with van der Waals surface area (Å²) in [6.07, 6.45) is 3.19. The smallest absolute Gasteiger partial charge is 0.312 e. The molecule has 2 N–H and O–H groups in total. The molecule has 0 spiro atoms. The monoisotopic (exact) mass is 290 g/mol. The van der Waals surface area contributed by atoms with Gasteiger partial charge in [0.1, 0.15) is 17.3 Å². The van der Waals surface area contributed by atoms with E-state index in [9.17, 15) is 22.9 Å². The van der Waals surface area contributed by atoms with Gasteiger partial charge in [-0.05, 0) is 6.92 Å². The van der Waals surface area contributed by atoms with Gasteiger partial charge in [0, 0.05) is 12.1 Å². The van der Waals surface area contributed by atoms with Crippen molar-refractivity contribution in [2.75, 3.05) is 6.61 Å². The third-order valence-corrected chi connectivity index (χ3v) is 3.01. The lowest BCUT2D eigenvalue weighted by Gasteiger charge is -2.07. The van der Waals surface area contributed by atoms with Crippen LogP contribution in [0.4, 0.5) is 10.1 Å². The molecule has 1 rings (SSSR count). The van der Waals surface area contributed by atoms with Crippen LogP contribution in [0.25, 0.3) is 0 Å². The molecule has 0 unspecified atom stereocenters. The minimum absolute atomic E-state index is 0.00843. The molecule has 0 aliphatic rings. The van der Waals surface area contributed by atoms with Crippen molar-refractivity contribution in [3.8, 4) is 5.75 Å². The molecule has 0 saturated heterocycles. The molecule has 0 aromatic heterocycles. The van der Waals surface area contributed by atoms with Crippen molar-refractivity contribution in [3.63, 3.8) is 0 Å². The van der Waals surface area contributed by atoms with E-state index in [0.29, 0.717) is 12.1 Å². The summed E-state index contributed by atoms with van der Waals surface area (Å²) < 4.78 is 40.6. The van der Waals surface area contributed by atoms with Gasteiger partial charge in [0.15, 0.2) is 5.75 Å². The molecule has 1 aromatic carbocycles. The zero-order valence-corrected chi connectivity index (χ0v) is 10.7. The molecule has 1 aromatic rings. The molecule has 0 aliphatic heterocycles. The topological polar surface area (TPSA) is 113 Å². The van der Waals surface area contributed by atoms with Crippen molar-refractivity contribution in [2.24, 2.45) is 5.14 Å².